The number of hydrogen-bond acceptors (Lipinski definition) is 7. The van der Waals surface area contributed by atoms with Gasteiger partial charge >= 0.3 is 0 Å². The van der Waals surface area contributed by atoms with E-state index in [-0.39, 0.29) is 10.5 Å². The standard InChI is InChI=1S/C23H19N5O4S/c24-26-13-15-4-3-5-17(12-15)22-20(14-32-28-22)23(29)27-18-10-8-16(9-11-18)19-6-1-2-7-21(19)33(25,30)31/h1-14H,24H2,(H,27,29)(H2,25,30,31). The molecule has 0 saturated carbocycles. The Bertz CT molecular complexity index is 1440. The van der Waals surface area contributed by atoms with Gasteiger partial charge in [-0.1, -0.05) is 53.7 Å². The summed E-state index contributed by atoms with van der Waals surface area (Å²) in [5.41, 5.74) is 3.66. The normalized spacial score (nSPS) is 11.5. The van der Waals surface area contributed by atoms with Gasteiger partial charge in [-0.3, -0.25) is 4.79 Å². The van der Waals surface area contributed by atoms with Gasteiger partial charge in [0.1, 0.15) is 17.5 Å². The zero-order valence-corrected chi connectivity index (χ0v) is 18.0. The minimum absolute atomic E-state index is 0.0257. The number of sulfonamides is 1. The van der Waals surface area contributed by atoms with Gasteiger partial charge in [-0.25, -0.2) is 13.6 Å². The van der Waals surface area contributed by atoms with Crippen molar-refractivity contribution in [2.75, 3.05) is 5.32 Å². The van der Waals surface area contributed by atoms with Crippen molar-refractivity contribution in [1.82, 2.24) is 5.16 Å². The van der Waals surface area contributed by atoms with E-state index in [9.17, 15) is 13.2 Å². The minimum atomic E-state index is -3.88. The Morgan fingerprint density at radius 3 is 2.48 bits per heavy atom. The molecule has 1 heterocycles. The van der Waals surface area contributed by atoms with E-state index in [1.54, 1.807) is 60.7 Å². The fourth-order valence-corrected chi connectivity index (χ4v) is 4.10. The highest BCUT2D eigenvalue weighted by atomic mass is 32.2. The van der Waals surface area contributed by atoms with E-state index < -0.39 is 15.9 Å². The molecule has 166 valence electrons. The van der Waals surface area contributed by atoms with Crippen molar-refractivity contribution in [2.24, 2.45) is 16.1 Å². The molecule has 0 unspecified atom stereocenters. The minimum Gasteiger partial charge on any atom is -0.363 e. The Morgan fingerprint density at radius 2 is 1.76 bits per heavy atom. The number of rotatable bonds is 6. The summed E-state index contributed by atoms with van der Waals surface area (Å²) in [5.74, 6) is 4.79. The zero-order chi connectivity index (χ0) is 23.4. The molecule has 0 saturated heterocycles. The van der Waals surface area contributed by atoms with E-state index in [1.807, 2.05) is 6.07 Å². The quantitative estimate of drug-likeness (QED) is 0.228. The van der Waals surface area contributed by atoms with Crippen LogP contribution in [0.1, 0.15) is 15.9 Å². The van der Waals surface area contributed by atoms with Crippen LogP contribution >= 0.6 is 0 Å². The second-order valence-corrected chi connectivity index (χ2v) is 8.58. The summed E-state index contributed by atoms with van der Waals surface area (Å²) < 4.78 is 28.8. The predicted molar refractivity (Wildman–Crippen MR) is 125 cm³/mol. The van der Waals surface area contributed by atoms with Crippen LogP contribution in [0.5, 0.6) is 0 Å². The van der Waals surface area contributed by atoms with Gasteiger partial charge in [0.05, 0.1) is 11.1 Å². The molecule has 3 aromatic carbocycles. The molecule has 0 aliphatic rings. The first-order valence-electron chi connectivity index (χ1n) is 9.68. The highest BCUT2D eigenvalue weighted by molar-refractivity contribution is 7.89. The van der Waals surface area contributed by atoms with Crippen molar-refractivity contribution < 1.29 is 17.7 Å². The van der Waals surface area contributed by atoms with Crippen LogP contribution in [0.2, 0.25) is 0 Å². The maximum absolute atomic E-state index is 12.9. The van der Waals surface area contributed by atoms with Crippen molar-refractivity contribution in [2.45, 2.75) is 4.90 Å². The molecule has 9 nitrogen and oxygen atoms in total. The van der Waals surface area contributed by atoms with Gasteiger partial charge in [-0.2, -0.15) is 5.10 Å². The first-order chi connectivity index (χ1) is 15.9. The predicted octanol–water partition coefficient (Wildman–Crippen LogP) is 3.20. The molecule has 0 bridgehead atoms. The van der Waals surface area contributed by atoms with Crippen molar-refractivity contribution in [3.8, 4) is 22.4 Å². The fourth-order valence-electron chi connectivity index (χ4n) is 3.34. The molecule has 1 amide bonds. The van der Waals surface area contributed by atoms with Gasteiger partial charge in [0.2, 0.25) is 10.0 Å². The number of nitrogens with zero attached hydrogens (tertiary/aromatic N) is 2. The smallest absolute Gasteiger partial charge is 0.261 e. The van der Waals surface area contributed by atoms with Crippen molar-refractivity contribution in [3.63, 3.8) is 0 Å². The third-order valence-corrected chi connectivity index (χ3v) is 5.81. The highest BCUT2D eigenvalue weighted by Gasteiger charge is 2.19. The maximum Gasteiger partial charge on any atom is 0.261 e. The van der Waals surface area contributed by atoms with Crippen LogP contribution < -0.4 is 16.3 Å². The lowest BCUT2D eigenvalue weighted by molar-refractivity contribution is 0.102. The third-order valence-electron chi connectivity index (χ3n) is 4.85. The van der Waals surface area contributed by atoms with Crippen LogP contribution in [0, 0.1) is 0 Å². The Hall–Kier alpha value is -4.28. The molecule has 0 atom stereocenters. The molecule has 4 rings (SSSR count). The summed E-state index contributed by atoms with van der Waals surface area (Å²) >= 11 is 0. The monoisotopic (exact) mass is 461 g/mol. The molecule has 5 N–H and O–H groups in total. The molecule has 0 radical (unpaired) electrons. The summed E-state index contributed by atoms with van der Waals surface area (Å²) in [5, 5.41) is 15.6. The number of benzene rings is 3. The number of anilines is 1. The Labute approximate surface area is 189 Å². The molecule has 0 aliphatic heterocycles. The Morgan fingerprint density at radius 1 is 1.00 bits per heavy atom. The van der Waals surface area contributed by atoms with E-state index in [1.165, 1.54) is 18.5 Å². The number of hydrogen-bond donors (Lipinski definition) is 3. The Kier molecular flexibility index (Phi) is 6.03. The van der Waals surface area contributed by atoms with Gasteiger partial charge in [-0.15, -0.1) is 0 Å². The highest BCUT2D eigenvalue weighted by Crippen LogP contribution is 2.28. The molecule has 0 spiro atoms. The lowest BCUT2D eigenvalue weighted by Gasteiger charge is -2.09. The van der Waals surface area contributed by atoms with Crippen LogP contribution in [0.3, 0.4) is 0 Å². The molecular formula is C23H19N5O4S. The molecule has 1 aromatic heterocycles. The van der Waals surface area contributed by atoms with Crippen LogP contribution in [0.4, 0.5) is 5.69 Å². The average molecular weight is 462 g/mol. The fraction of sp³-hybridized carbons (Fsp3) is 0. The molecule has 0 aliphatic carbocycles. The summed E-state index contributed by atoms with van der Waals surface area (Å²) in [6, 6.07) is 20.3. The summed E-state index contributed by atoms with van der Waals surface area (Å²) in [4.78, 5) is 12.9. The zero-order valence-electron chi connectivity index (χ0n) is 17.2. The van der Waals surface area contributed by atoms with Crippen molar-refractivity contribution >= 4 is 27.8 Å². The average Bonchev–Trinajstić information content (AvgIpc) is 3.30. The molecule has 10 heteroatoms. The number of nitrogens with one attached hydrogen (secondary N) is 1. The maximum atomic E-state index is 12.9. The third kappa shape index (κ3) is 4.81. The van der Waals surface area contributed by atoms with Gasteiger partial charge in [-0.05, 0) is 35.4 Å². The van der Waals surface area contributed by atoms with Crippen LogP contribution in [-0.2, 0) is 10.0 Å². The number of hydrazone groups is 1. The molecule has 4 aromatic rings. The summed E-state index contributed by atoms with van der Waals surface area (Å²) in [6.07, 6.45) is 2.75. The van der Waals surface area contributed by atoms with Crippen LogP contribution in [0.25, 0.3) is 22.4 Å². The van der Waals surface area contributed by atoms with Gasteiger partial charge in [0, 0.05) is 16.8 Å². The first-order valence-corrected chi connectivity index (χ1v) is 11.2. The number of amides is 1. The van der Waals surface area contributed by atoms with Gasteiger partial charge in [0.15, 0.2) is 0 Å². The number of aromatic nitrogens is 1. The summed E-state index contributed by atoms with van der Waals surface area (Å²) in [6.45, 7) is 0. The molecular weight excluding hydrogens is 442 g/mol. The second kappa shape index (κ2) is 9.07. The van der Waals surface area contributed by atoms with E-state index in [4.69, 9.17) is 15.5 Å². The molecule has 33 heavy (non-hydrogen) atoms. The van der Waals surface area contributed by atoms with E-state index in [0.717, 1.165) is 5.56 Å². The molecule has 0 fully saturated rings. The summed E-state index contributed by atoms with van der Waals surface area (Å²) in [7, 11) is -3.88. The lowest BCUT2D eigenvalue weighted by Crippen LogP contribution is -2.13. The van der Waals surface area contributed by atoms with Crippen LogP contribution in [-0.4, -0.2) is 25.7 Å². The lowest BCUT2D eigenvalue weighted by atomic mass is 10.0. The van der Waals surface area contributed by atoms with Gasteiger partial charge in [0.25, 0.3) is 5.91 Å². The number of carbonyl (C=O) groups excluding carboxylic acids is 1. The van der Waals surface area contributed by atoms with E-state index >= 15 is 0 Å². The van der Waals surface area contributed by atoms with E-state index in [0.29, 0.717) is 28.1 Å². The van der Waals surface area contributed by atoms with E-state index in [2.05, 4.69) is 15.6 Å². The van der Waals surface area contributed by atoms with Crippen molar-refractivity contribution in [3.05, 3.63) is 90.2 Å². The number of carbonyl (C=O) groups is 1. The SMILES string of the molecule is NN=Cc1cccc(-c2nocc2C(=O)Nc2ccc(-c3ccccc3S(N)(=O)=O)cc2)c1. The largest absolute Gasteiger partial charge is 0.363 e. The van der Waals surface area contributed by atoms with Gasteiger partial charge < -0.3 is 15.7 Å². The Balaban J connectivity index is 1.57. The first kappa shape index (κ1) is 21.9. The second-order valence-electron chi connectivity index (χ2n) is 7.05. The number of nitrogens with two attached hydrogens (primary N) is 2. The van der Waals surface area contributed by atoms with Crippen LogP contribution in [0.15, 0.2) is 93.6 Å². The van der Waals surface area contributed by atoms with Crippen molar-refractivity contribution in [1.29, 1.82) is 0 Å². The number of primary sulfonamides is 1. The topological polar surface area (TPSA) is 154 Å².